The maximum Gasteiger partial charge on any atom is 0.238 e. The molecule has 0 saturated carbocycles. The molecule has 2 fully saturated rings. The molecule has 2 saturated heterocycles. The second-order valence-electron chi connectivity index (χ2n) is 5.06. The van der Waals surface area contributed by atoms with Gasteiger partial charge in [-0.2, -0.15) is 0 Å². The molecular weight excluding hydrogens is 265 g/mol. The molecule has 2 unspecified atom stereocenters. The summed E-state index contributed by atoms with van der Waals surface area (Å²) in [5.41, 5.74) is -0.343. The fourth-order valence-corrected chi connectivity index (χ4v) is 4.01. The Labute approximate surface area is 116 Å². The number of fused-ring (bicyclic) bond motifs is 2. The van der Waals surface area contributed by atoms with Crippen LogP contribution in [0.3, 0.4) is 0 Å². The summed E-state index contributed by atoms with van der Waals surface area (Å²) in [6.45, 7) is 15.6. The van der Waals surface area contributed by atoms with Crippen LogP contribution in [0.1, 0.15) is 27.2 Å². The van der Waals surface area contributed by atoms with E-state index in [0.717, 1.165) is 6.42 Å². The number of nitrogens with zero attached hydrogens (tertiary/aromatic N) is 1. The molecule has 0 amide bonds. The SMILES string of the molecule is [C-]#[N+]CCOP(C)O[C@H]1[C@H]2OC(C)[C@]1(CC)O[C@H]2C. The van der Waals surface area contributed by atoms with Crippen LogP contribution in [-0.4, -0.2) is 49.8 Å². The number of ether oxygens (including phenoxy) is 2. The zero-order valence-electron chi connectivity index (χ0n) is 12.0. The molecule has 2 heterocycles. The van der Waals surface area contributed by atoms with Gasteiger partial charge in [-0.25, -0.2) is 6.57 Å². The van der Waals surface area contributed by atoms with Gasteiger partial charge >= 0.3 is 0 Å². The van der Waals surface area contributed by atoms with Crippen molar-refractivity contribution in [2.45, 2.75) is 57.2 Å². The van der Waals surface area contributed by atoms with Gasteiger partial charge in [0.05, 0.1) is 12.2 Å². The van der Waals surface area contributed by atoms with E-state index in [1.807, 2.05) is 20.5 Å². The van der Waals surface area contributed by atoms with E-state index in [4.69, 9.17) is 25.1 Å². The van der Waals surface area contributed by atoms with E-state index in [1.54, 1.807) is 0 Å². The molecule has 2 aliphatic rings. The summed E-state index contributed by atoms with van der Waals surface area (Å²) in [7, 11) is -0.995. The highest BCUT2D eigenvalue weighted by molar-refractivity contribution is 7.46. The minimum atomic E-state index is -0.995. The summed E-state index contributed by atoms with van der Waals surface area (Å²) in [4.78, 5) is 3.27. The zero-order valence-corrected chi connectivity index (χ0v) is 12.9. The number of hydrogen-bond donors (Lipinski definition) is 0. The van der Waals surface area contributed by atoms with Crippen LogP contribution in [0.2, 0.25) is 0 Å². The standard InChI is InChI=1S/C13H22NO4P/c1-6-13-10(3)16-11(9(2)17-13)12(13)18-19(5)15-8-7-14-4/h9-12H,6-8H2,1-3,5H3/t9-,10?,11-,12-,13-,19?/m0/s1. The van der Waals surface area contributed by atoms with Gasteiger partial charge in [-0.3, -0.25) is 0 Å². The lowest BCUT2D eigenvalue weighted by atomic mass is 9.90. The normalized spacial score (nSPS) is 42.3. The van der Waals surface area contributed by atoms with Crippen LogP contribution < -0.4 is 0 Å². The largest absolute Gasteiger partial charge is 0.367 e. The van der Waals surface area contributed by atoms with E-state index in [-0.39, 0.29) is 30.0 Å². The summed E-state index contributed by atoms with van der Waals surface area (Å²) >= 11 is 0. The second-order valence-corrected chi connectivity index (χ2v) is 6.40. The topological polar surface area (TPSA) is 41.3 Å². The molecule has 0 aromatic carbocycles. The molecule has 2 aliphatic heterocycles. The number of hydrogen-bond acceptors (Lipinski definition) is 4. The molecule has 6 atom stereocenters. The Balaban J connectivity index is 1.98. The Bertz CT molecular complexity index is 361. The molecule has 19 heavy (non-hydrogen) atoms. The third-order valence-electron chi connectivity index (χ3n) is 3.99. The first-order valence-electron chi connectivity index (χ1n) is 6.75. The summed E-state index contributed by atoms with van der Waals surface area (Å²) < 4.78 is 23.7. The monoisotopic (exact) mass is 287 g/mol. The van der Waals surface area contributed by atoms with Gasteiger partial charge < -0.3 is 23.4 Å². The third kappa shape index (κ3) is 2.66. The average Bonchev–Trinajstić information content (AvgIpc) is 2.78. The lowest BCUT2D eigenvalue weighted by Crippen LogP contribution is -2.46. The summed E-state index contributed by atoms with van der Waals surface area (Å²) in [6, 6.07) is 0. The molecule has 0 aliphatic carbocycles. The zero-order chi connectivity index (χ0) is 14.0. The molecule has 0 N–H and O–H groups in total. The Kier molecular flexibility index (Phi) is 4.81. The molecule has 5 nitrogen and oxygen atoms in total. The molecule has 6 heteroatoms. The van der Waals surface area contributed by atoms with Gasteiger partial charge in [-0.1, -0.05) is 6.92 Å². The van der Waals surface area contributed by atoms with Crippen molar-refractivity contribution in [3.8, 4) is 0 Å². The maximum atomic E-state index is 6.73. The highest BCUT2D eigenvalue weighted by atomic mass is 31.2. The maximum absolute atomic E-state index is 6.73. The van der Waals surface area contributed by atoms with Crippen LogP contribution in [0.5, 0.6) is 0 Å². The Hall–Kier alpha value is -0.240. The van der Waals surface area contributed by atoms with Crippen LogP contribution >= 0.6 is 8.38 Å². The van der Waals surface area contributed by atoms with E-state index in [0.29, 0.717) is 13.2 Å². The van der Waals surface area contributed by atoms with Crippen molar-refractivity contribution in [1.82, 2.24) is 0 Å². The van der Waals surface area contributed by atoms with E-state index >= 15 is 0 Å². The lowest BCUT2D eigenvalue weighted by Gasteiger charge is -2.35. The fourth-order valence-electron chi connectivity index (χ4n) is 2.99. The van der Waals surface area contributed by atoms with Crippen LogP contribution in [0, 0.1) is 6.57 Å². The first-order valence-corrected chi connectivity index (χ1v) is 8.37. The predicted molar refractivity (Wildman–Crippen MR) is 73.0 cm³/mol. The van der Waals surface area contributed by atoms with Gasteiger partial charge in [0.2, 0.25) is 6.54 Å². The van der Waals surface area contributed by atoms with Crippen molar-refractivity contribution >= 4 is 8.38 Å². The summed E-state index contributed by atoms with van der Waals surface area (Å²) in [6.07, 6.45) is 0.907. The van der Waals surface area contributed by atoms with Gasteiger partial charge in [0.15, 0.2) is 8.38 Å². The molecule has 0 radical (unpaired) electrons. The molecular formula is C13H22NO4P. The highest BCUT2D eigenvalue weighted by Crippen LogP contribution is 2.52. The van der Waals surface area contributed by atoms with Crippen molar-refractivity contribution in [2.24, 2.45) is 0 Å². The van der Waals surface area contributed by atoms with Gasteiger partial charge in [0.1, 0.15) is 24.4 Å². The van der Waals surface area contributed by atoms with Gasteiger partial charge in [-0.05, 0) is 20.3 Å². The van der Waals surface area contributed by atoms with Crippen LogP contribution in [0.4, 0.5) is 0 Å². The smallest absolute Gasteiger partial charge is 0.238 e. The van der Waals surface area contributed by atoms with Gasteiger partial charge in [0.25, 0.3) is 0 Å². The lowest BCUT2D eigenvalue weighted by molar-refractivity contribution is -0.176. The quantitative estimate of drug-likeness (QED) is 0.428. The fraction of sp³-hybridized carbons (Fsp3) is 0.923. The first-order chi connectivity index (χ1) is 9.05. The summed E-state index contributed by atoms with van der Waals surface area (Å²) in [5.74, 6) is 0. The van der Waals surface area contributed by atoms with E-state index in [9.17, 15) is 0 Å². The van der Waals surface area contributed by atoms with Crippen molar-refractivity contribution in [3.05, 3.63) is 11.4 Å². The Morgan fingerprint density at radius 1 is 1.42 bits per heavy atom. The van der Waals surface area contributed by atoms with E-state index in [1.165, 1.54) is 0 Å². The van der Waals surface area contributed by atoms with Gasteiger partial charge in [-0.15, -0.1) is 0 Å². The van der Waals surface area contributed by atoms with E-state index < -0.39 is 8.38 Å². The van der Waals surface area contributed by atoms with Crippen molar-refractivity contribution < 1.29 is 18.5 Å². The third-order valence-corrected chi connectivity index (χ3v) is 5.06. The second kappa shape index (κ2) is 6.03. The minimum absolute atomic E-state index is 0.00985. The predicted octanol–water partition coefficient (Wildman–Crippen LogP) is 2.60. The van der Waals surface area contributed by atoms with Crippen molar-refractivity contribution in [1.29, 1.82) is 0 Å². The van der Waals surface area contributed by atoms with Gasteiger partial charge in [0, 0.05) is 6.66 Å². The molecule has 0 spiro atoms. The average molecular weight is 287 g/mol. The Morgan fingerprint density at radius 3 is 2.79 bits per heavy atom. The first kappa shape index (κ1) is 15.2. The van der Waals surface area contributed by atoms with Crippen LogP contribution in [0.15, 0.2) is 0 Å². The molecule has 0 aromatic rings. The van der Waals surface area contributed by atoms with Crippen LogP contribution in [-0.2, 0) is 18.5 Å². The summed E-state index contributed by atoms with van der Waals surface area (Å²) in [5, 5.41) is 0. The highest BCUT2D eigenvalue weighted by Gasteiger charge is 2.64. The van der Waals surface area contributed by atoms with Crippen molar-refractivity contribution in [3.63, 3.8) is 0 Å². The van der Waals surface area contributed by atoms with E-state index in [2.05, 4.69) is 11.8 Å². The number of rotatable bonds is 6. The van der Waals surface area contributed by atoms with Crippen molar-refractivity contribution in [2.75, 3.05) is 19.8 Å². The van der Waals surface area contributed by atoms with Crippen LogP contribution in [0.25, 0.3) is 4.85 Å². The molecule has 2 rings (SSSR count). The molecule has 108 valence electrons. The molecule has 0 aromatic heterocycles. The Morgan fingerprint density at radius 2 is 2.16 bits per heavy atom. The molecule has 2 bridgehead atoms. The minimum Gasteiger partial charge on any atom is -0.367 e.